The van der Waals surface area contributed by atoms with Crippen LogP contribution in [0.1, 0.15) is 5.56 Å². The van der Waals surface area contributed by atoms with Gasteiger partial charge in [0.2, 0.25) is 0 Å². The Labute approximate surface area is 236 Å². The number of hydrogen-bond acceptors (Lipinski definition) is 4. The minimum Gasteiger partial charge on any atom is -0.310 e. The molecule has 0 bridgehead atoms. The number of fused-ring (bicyclic) bond motifs is 3. The summed E-state index contributed by atoms with van der Waals surface area (Å²) >= 11 is 0. The highest BCUT2D eigenvalue weighted by Crippen LogP contribution is 2.36. The van der Waals surface area contributed by atoms with Crippen molar-refractivity contribution >= 4 is 27.5 Å². The van der Waals surface area contributed by atoms with Gasteiger partial charge in [-0.2, -0.15) is 5.26 Å². The van der Waals surface area contributed by atoms with Crippen molar-refractivity contribution in [3.05, 3.63) is 138 Å². The molecular weight excluding hydrogens is 504 g/mol. The average molecular weight is 525 g/mol. The Hall–Kier alpha value is -6.11. The molecule has 6 heteroatoms. The second kappa shape index (κ2) is 9.89. The van der Waals surface area contributed by atoms with Crippen molar-refractivity contribution in [1.29, 1.82) is 5.26 Å². The topological polar surface area (TPSA) is 71.8 Å². The lowest BCUT2D eigenvalue weighted by Crippen LogP contribution is -2.01. The van der Waals surface area contributed by atoms with Gasteiger partial charge in [-0.05, 0) is 42.5 Å². The van der Waals surface area contributed by atoms with Gasteiger partial charge in [-0.3, -0.25) is 0 Å². The van der Waals surface area contributed by atoms with E-state index in [0.717, 1.165) is 38.6 Å². The van der Waals surface area contributed by atoms with Gasteiger partial charge in [0.25, 0.3) is 0 Å². The van der Waals surface area contributed by atoms with E-state index in [-0.39, 0.29) is 0 Å². The van der Waals surface area contributed by atoms with Gasteiger partial charge in [0.1, 0.15) is 0 Å². The molecule has 0 atom stereocenters. The second-order valence-electron chi connectivity index (χ2n) is 9.58. The molecule has 0 N–H and O–H groups in total. The number of benzene rings is 5. The first-order valence-electron chi connectivity index (χ1n) is 13.1. The zero-order chi connectivity index (χ0) is 27.8. The van der Waals surface area contributed by atoms with Crippen molar-refractivity contribution in [1.82, 2.24) is 19.5 Å². The quantitative estimate of drug-likeness (QED) is 0.217. The number of nitrogens with zero attached hydrogens (tertiary/aromatic N) is 6. The van der Waals surface area contributed by atoms with E-state index in [9.17, 15) is 5.26 Å². The Kier molecular flexibility index (Phi) is 5.78. The molecule has 190 valence electrons. The third-order valence-corrected chi connectivity index (χ3v) is 7.05. The third kappa shape index (κ3) is 4.27. The van der Waals surface area contributed by atoms with E-state index in [0.29, 0.717) is 34.3 Å². The molecule has 6 nitrogen and oxygen atoms in total. The molecular formula is C35H20N6. The van der Waals surface area contributed by atoms with Gasteiger partial charge in [-0.25, -0.2) is 19.8 Å². The van der Waals surface area contributed by atoms with E-state index in [1.165, 1.54) is 0 Å². The number of para-hydroxylation sites is 1. The molecule has 0 saturated heterocycles. The maximum absolute atomic E-state index is 9.52. The van der Waals surface area contributed by atoms with Gasteiger partial charge in [0, 0.05) is 33.2 Å². The summed E-state index contributed by atoms with van der Waals surface area (Å²) < 4.78 is 2.13. The Morgan fingerprint density at radius 2 is 1.17 bits per heavy atom. The molecule has 0 amide bonds. The molecule has 5 aromatic carbocycles. The van der Waals surface area contributed by atoms with E-state index in [4.69, 9.17) is 21.5 Å². The summed E-state index contributed by atoms with van der Waals surface area (Å²) in [7, 11) is 0. The number of nitriles is 1. The summed E-state index contributed by atoms with van der Waals surface area (Å²) in [6.45, 7) is 7.88. The SMILES string of the molecule is [C-]#[N+]c1cc(-c2nc(-c3ccccc3)nc(-c3ccccc3)n2)cc(-n2c3ccccc3c3cc(C#N)ccc32)c1. The van der Waals surface area contributed by atoms with Crippen molar-refractivity contribution in [3.63, 3.8) is 0 Å². The molecule has 0 saturated carbocycles. The zero-order valence-corrected chi connectivity index (χ0v) is 21.7. The van der Waals surface area contributed by atoms with Crippen LogP contribution in [0, 0.1) is 17.9 Å². The predicted molar refractivity (Wildman–Crippen MR) is 161 cm³/mol. The maximum atomic E-state index is 9.52. The summed E-state index contributed by atoms with van der Waals surface area (Å²) in [5.41, 5.74) is 6.29. The molecule has 0 aliphatic heterocycles. The van der Waals surface area contributed by atoms with Gasteiger partial charge in [0.05, 0.1) is 29.2 Å². The molecule has 7 rings (SSSR count). The van der Waals surface area contributed by atoms with Crippen LogP contribution in [0.3, 0.4) is 0 Å². The highest BCUT2D eigenvalue weighted by atomic mass is 15.0. The molecule has 0 aliphatic rings. The fourth-order valence-electron chi connectivity index (χ4n) is 5.18. The first-order chi connectivity index (χ1) is 20.2. The molecule has 7 aromatic rings. The lowest BCUT2D eigenvalue weighted by molar-refractivity contribution is 1.07. The number of rotatable bonds is 4. The first-order valence-corrected chi connectivity index (χ1v) is 13.1. The molecule has 41 heavy (non-hydrogen) atoms. The molecule has 0 radical (unpaired) electrons. The standard InChI is InChI=1S/C35H20N6/c1-37-27-19-26(35-39-33(24-10-4-2-5-11-24)38-34(40-35)25-12-6-3-7-13-25)20-28(21-27)41-31-15-9-8-14-29(31)30-18-23(22-36)16-17-32(30)41/h2-21H. The minimum absolute atomic E-state index is 0.472. The Bertz CT molecular complexity index is 2110. The number of aromatic nitrogens is 4. The molecule has 0 aliphatic carbocycles. The maximum Gasteiger partial charge on any atom is 0.190 e. The Balaban J connectivity index is 1.49. The molecule has 0 fully saturated rings. The summed E-state index contributed by atoms with van der Waals surface area (Å²) in [5.74, 6) is 1.60. The Morgan fingerprint density at radius 3 is 1.80 bits per heavy atom. The van der Waals surface area contributed by atoms with Crippen LogP contribution >= 0.6 is 0 Å². The average Bonchev–Trinajstić information content (AvgIpc) is 3.38. The van der Waals surface area contributed by atoms with Crippen molar-refractivity contribution < 1.29 is 0 Å². The fraction of sp³-hybridized carbons (Fsp3) is 0. The van der Waals surface area contributed by atoms with Gasteiger partial charge in [-0.1, -0.05) is 78.9 Å². The predicted octanol–water partition coefficient (Wildman–Crippen LogP) is 8.39. The minimum atomic E-state index is 0.472. The van der Waals surface area contributed by atoms with Crippen LogP contribution in [0.25, 0.3) is 66.5 Å². The highest BCUT2D eigenvalue weighted by molar-refractivity contribution is 6.09. The molecule has 2 heterocycles. The van der Waals surface area contributed by atoms with E-state index in [1.54, 1.807) is 0 Å². The van der Waals surface area contributed by atoms with Crippen molar-refractivity contribution in [2.24, 2.45) is 0 Å². The normalized spacial score (nSPS) is 10.9. The summed E-state index contributed by atoms with van der Waals surface area (Å²) in [4.78, 5) is 18.3. The van der Waals surface area contributed by atoms with Crippen molar-refractivity contribution in [2.75, 3.05) is 0 Å². The largest absolute Gasteiger partial charge is 0.310 e. The Morgan fingerprint density at radius 1 is 0.585 bits per heavy atom. The molecule has 2 aromatic heterocycles. The van der Waals surface area contributed by atoms with Crippen LogP contribution in [0.4, 0.5) is 5.69 Å². The molecule has 0 spiro atoms. The summed E-state index contributed by atoms with van der Waals surface area (Å²) in [6.07, 6.45) is 0. The zero-order valence-electron chi connectivity index (χ0n) is 21.7. The number of hydrogen-bond donors (Lipinski definition) is 0. The third-order valence-electron chi connectivity index (χ3n) is 7.05. The summed E-state index contributed by atoms with van der Waals surface area (Å²) in [6, 6.07) is 41.4. The van der Waals surface area contributed by atoms with Crippen LogP contribution in [-0.4, -0.2) is 19.5 Å². The summed E-state index contributed by atoms with van der Waals surface area (Å²) in [5, 5.41) is 11.5. The van der Waals surface area contributed by atoms with Gasteiger partial charge in [-0.15, -0.1) is 0 Å². The smallest absolute Gasteiger partial charge is 0.190 e. The monoisotopic (exact) mass is 524 g/mol. The van der Waals surface area contributed by atoms with Gasteiger partial charge >= 0.3 is 0 Å². The van der Waals surface area contributed by atoms with E-state index >= 15 is 0 Å². The van der Waals surface area contributed by atoms with Crippen LogP contribution in [-0.2, 0) is 0 Å². The van der Waals surface area contributed by atoms with Gasteiger partial charge in [0.15, 0.2) is 23.2 Å². The first kappa shape index (κ1) is 24.0. The van der Waals surface area contributed by atoms with E-state index < -0.39 is 0 Å². The van der Waals surface area contributed by atoms with Crippen molar-refractivity contribution in [2.45, 2.75) is 0 Å². The van der Waals surface area contributed by atoms with Crippen LogP contribution in [0.2, 0.25) is 0 Å². The van der Waals surface area contributed by atoms with E-state index in [1.807, 2.05) is 109 Å². The van der Waals surface area contributed by atoms with Crippen LogP contribution in [0.15, 0.2) is 121 Å². The van der Waals surface area contributed by atoms with Crippen LogP contribution in [0.5, 0.6) is 0 Å². The lowest BCUT2D eigenvalue weighted by atomic mass is 10.1. The second-order valence-corrected chi connectivity index (χ2v) is 9.58. The van der Waals surface area contributed by atoms with Crippen LogP contribution < -0.4 is 0 Å². The van der Waals surface area contributed by atoms with E-state index in [2.05, 4.69) is 27.6 Å². The van der Waals surface area contributed by atoms with Gasteiger partial charge < -0.3 is 4.57 Å². The lowest BCUT2D eigenvalue weighted by Gasteiger charge is -2.12. The highest BCUT2D eigenvalue weighted by Gasteiger charge is 2.17. The fourth-order valence-corrected chi connectivity index (χ4v) is 5.18. The van der Waals surface area contributed by atoms with Crippen molar-refractivity contribution in [3.8, 4) is 45.9 Å². The molecule has 0 unspecified atom stereocenters.